The Morgan fingerprint density at radius 3 is 3.00 bits per heavy atom. The van der Waals surface area contributed by atoms with Crippen LogP contribution in [0.3, 0.4) is 0 Å². The minimum Gasteiger partial charge on any atom is -0.469 e. The van der Waals surface area contributed by atoms with Crippen LogP contribution < -0.4 is 0 Å². The van der Waals surface area contributed by atoms with Crippen molar-refractivity contribution in [3.05, 3.63) is 12.7 Å². The Kier molecular flexibility index (Phi) is 3.23. The molecule has 0 heterocycles. The van der Waals surface area contributed by atoms with Crippen LogP contribution in [0.25, 0.3) is 0 Å². The highest BCUT2D eigenvalue weighted by Crippen LogP contribution is 2.32. The predicted molar refractivity (Wildman–Crippen MR) is 48.1 cm³/mol. The Hall–Kier alpha value is -1.12. The molecule has 0 aromatic heterocycles. The number of allylic oxidation sites excluding steroid dienone is 1. The van der Waals surface area contributed by atoms with Gasteiger partial charge in [-0.05, 0) is 12.8 Å². The Labute approximate surface area is 77.8 Å². The molecule has 3 heteroatoms. The largest absolute Gasteiger partial charge is 0.469 e. The third kappa shape index (κ3) is 1.97. The summed E-state index contributed by atoms with van der Waals surface area (Å²) in [4.78, 5) is 22.6. The Morgan fingerprint density at radius 2 is 2.46 bits per heavy atom. The van der Waals surface area contributed by atoms with Crippen molar-refractivity contribution in [2.24, 2.45) is 11.8 Å². The van der Waals surface area contributed by atoms with E-state index in [4.69, 9.17) is 0 Å². The predicted octanol–water partition coefficient (Wildman–Crippen LogP) is 1.33. The number of ketones is 1. The maximum atomic E-state index is 11.3. The molecular formula is C10H14O3. The van der Waals surface area contributed by atoms with Gasteiger partial charge in [-0.15, -0.1) is 6.58 Å². The summed E-state index contributed by atoms with van der Waals surface area (Å²) < 4.78 is 4.63. The van der Waals surface area contributed by atoms with E-state index in [1.54, 1.807) is 6.08 Å². The molecule has 2 atom stereocenters. The quantitative estimate of drug-likeness (QED) is 0.488. The second-order valence-electron chi connectivity index (χ2n) is 3.27. The van der Waals surface area contributed by atoms with Gasteiger partial charge in [0.05, 0.1) is 13.0 Å². The van der Waals surface area contributed by atoms with Crippen LogP contribution in [0.2, 0.25) is 0 Å². The second kappa shape index (κ2) is 4.21. The van der Waals surface area contributed by atoms with Crippen molar-refractivity contribution in [1.29, 1.82) is 0 Å². The van der Waals surface area contributed by atoms with Gasteiger partial charge in [-0.1, -0.05) is 6.08 Å². The van der Waals surface area contributed by atoms with Gasteiger partial charge >= 0.3 is 5.97 Å². The number of Topliss-reactive ketones (excluding diaryl/α,β-unsaturated/α-hetero) is 1. The lowest BCUT2D eigenvalue weighted by atomic mass is 9.92. The highest BCUT2D eigenvalue weighted by Gasteiger charge is 2.38. The van der Waals surface area contributed by atoms with Crippen molar-refractivity contribution >= 4 is 11.8 Å². The summed E-state index contributed by atoms with van der Waals surface area (Å²) in [5.74, 6) is -0.534. The van der Waals surface area contributed by atoms with E-state index in [9.17, 15) is 9.59 Å². The lowest BCUT2D eigenvalue weighted by Crippen LogP contribution is -2.23. The standard InChI is InChI=1S/C10H14O3/c1-3-4-7-8(10(12)13-2)5-6-9(7)11/h3,7-8H,1,4-6H2,2H3/t7?,8-/m0/s1. The highest BCUT2D eigenvalue weighted by molar-refractivity contribution is 5.90. The van der Waals surface area contributed by atoms with Crippen LogP contribution in [0.4, 0.5) is 0 Å². The molecule has 0 spiro atoms. The molecule has 1 saturated carbocycles. The van der Waals surface area contributed by atoms with Crippen molar-refractivity contribution in [2.45, 2.75) is 19.3 Å². The fourth-order valence-electron chi connectivity index (χ4n) is 1.82. The van der Waals surface area contributed by atoms with E-state index in [0.717, 1.165) is 0 Å². The number of rotatable bonds is 3. The lowest BCUT2D eigenvalue weighted by Gasteiger charge is -2.13. The molecule has 0 N–H and O–H groups in total. The smallest absolute Gasteiger partial charge is 0.309 e. The Morgan fingerprint density at radius 1 is 1.77 bits per heavy atom. The zero-order valence-corrected chi connectivity index (χ0v) is 7.79. The Balaban J connectivity index is 2.68. The Bertz CT molecular complexity index is 232. The maximum Gasteiger partial charge on any atom is 0.309 e. The number of hydrogen-bond donors (Lipinski definition) is 0. The zero-order valence-electron chi connectivity index (χ0n) is 7.79. The molecule has 1 rings (SSSR count). The van der Waals surface area contributed by atoms with Crippen LogP contribution in [-0.2, 0) is 14.3 Å². The van der Waals surface area contributed by atoms with Crippen molar-refractivity contribution in [2.75, 3.05) is 7.11 Å². The third-order valence-electron chi connectivity index (χ3n) is 2.53. The van der Waals surface area contributed by atoms with E-state index >= 15 is 0 Å². The van der Waals surface area contributed by atoms with Gasteiger partial charge in [0.25, 0.3) is 0 Å². The van der Waals surface area contributed by atoms with E-state index in [1.165, 1.54) is 7.11 Å². The monoisotopic (exact) mass is 182 g/mol. The molecule has 72 valence electrons. The van der Waals surface area contributed by atoms with E-state index in [0.29, 0.717) is 19.3 Å². The van der Waals surface area contributed by atoms with Gasteiger partial charge in [0.1, 0.15) is 5.78 Å². The molecule has 1 fully saturated rings. The SMILES string of the molecule is C=CCC1C(=O)CC[C@@H]1C(=O)OC. The molecule has 1 aliphatic carbocycles. The third-order valence-corrected chi connectivity index (χ3v) is 2.53. The fraction of sp³-hybridized carbons (Fsp3) is 0.600. The number of methoxy groups -OCH3 is 1. The summed E-state index contributed by atoms with van der Waals surface area (Å²) in [6.07, 6.45) is 3.39. The first-order valence-electron chi connectivity index (χ1n) is 4.42. The molecule has 0 bridgehead atoms. The molecule has 0 radical (unpaired) electrons. The first-order valence-corrected chi connectivity index (χ1v) is 4.42. The van der Waals surface area contributed by atoms with Crippen molar-refractivity contribution in [3.8, 4) is 0 Å². The summed E-state index contributed by atoms with van der Waals surface area (Å²) in [5.41, 5.74) is 0. The van der Waals surface area contributed by atoms with E-state index < -0.39 is 0 Å². The summed E-state index contributed by atoms with van der Waals surface area (Å²) in [7, 11) is 1.36. The molecule has 0 aromatic carbocycles. The average Bonchev–Trinajstić information content (AvgIpc) is 2.48. The lowest BCUT2D eigenvalue weighted by molar-refractivity contribution is -0.147. The van der Waals surface area contributed by atoms with Crippen LogP contribution in [0.1, 0.15) is 19.3 Å². The van der Waals surface area contributed by atoms with E-state index in [1.807, 2.05) is 0 Å². The molecule has 13 heavy (non-hydrogen) atoms. The number of ether oxygens (including phenoxy) is 1. The topological polar surface area (TPSA) is 43.4 Å². The zero-order chi connectivity index (χ0) is 9.84. The van der Waals surface area contributed by atoms with Gasteiger partial charge in [-0.3, -0.25) is 9.59 Å². The number of esters is 1. The molecule has 0 aromatic rings. The summed E-state index contributed by atoms with van der Waals surface area (Å²) in [6.45, 7) is 3.57. The van der Waals surface area contributed by atoms with Gasteiger partial charge in [0, 0.05) is 12.3 Å². The molecule has 1 unspecified atom stereocenters. The second-order valence-corrected chi connectivity index (χ2v) is 3.27. The highest BCUT2D eigenvalue weighted by atomic mass is 16.5. The molecule has 0 amide bonds. The van der Waals surface area contributed by atoms with Crippen molar-refractivity contribution in [3.63, 3.8) is 0 Å². The van der Waals surface area contributed by atoms with Crippen LogP contribution in [0.5, 0.6) is 0 Å². The molecule has 0 saturated heterocycles. The van der Waals surface area contributed by atoms with Crippen LogP contribution in [0.15, 0.2) is 12.7 Å². The van der Waals surface area contributed by atoms with Gasteiger partial charge < -0.3 is 4.74 Å². The van der Waals surface area contributed by atoms with Gasteiger partial charge in [-0.25, -0.2) is 0 Å². The summed E-state index contributed by atoms with van der Waals surface area (Å²) in [6, 6.07) is 0. The average molecular weight is 182 g/mol. The van der Waals surface area contributed by atoms with Gasteiger partial charge in [0.2, 0.25) is 0 Å². The number of carbonyl (C=O) groups is 2. The summed E-state index contributed by atoms with van der Waals surface area (Å²) in [5, 5.41) is 0. The van der Waals surface area contributed by atoms with Crippen molar-refractivity contribution < 1.29 is 14.3 Å². The fourth-order valence-corrected chi connectivity index (χ4v) is 1.82. The molecular weight excluding hydrogens is 168 g/mol. The van der Waals surface area contributed by atoms with Crippen LogP contribution in [-0.4, -0.2) is 18.9 Å². The first-order chi connectivity index (χ1) is 6.20. The molecule has 1 aliphatic rings. The minimum absolute atomic E-state index is 0.162. The number of hydrogen-bond acceptors (Lipinski definition) is 3. The van der Waals surface area contributed by atoms with E-state index in [-0.39, 0.29) is 23.6 Å². The maximum absolute atomic E-state index is 11.3. The number of carbonyl (C=O) groups excluding carboxylic acids is 2. The molecule has 3 nitrogen and oxygen atoms in total. The van der Waals surface area contributed by atoms with Crippen LogP contribution in [0, 0.1) is 11.8 Å². The first kappa shape index (κ1) is 9.96. The van der Waals surface area contributed by atoms with Gasteiger partial charge in [-0.2, -0.15) is 0 Å². The molecule has 0 aliphatic heterocycles. The summed E-state index contributed by atoms with van der Waals surface area (Å²) >= 11 is 0. The van der Waals surface area contributed by atoms with Gasteiger partial charge in [0.15, 0.2) is 0 Å². The van der Waals surface area contributed by atoms with Crippen LogP contribution >= 0.6 is 0 Å². The van der Waals surface area contributed by atoms with E-state index in [2.05, 4.69) is 11.3 Å². The minimum atomic E-state index is -0.266. The van der Waals surface area contributed by atoms with Crippen molar-refractivity contribution in [1.82, 2.24) is 0 Å². The normalized spacial score (nSPS) is 27.3.